The Hall–Kier alpha value is -0.960. The van der Waals surface area contributed by atoms with E-state index in [1.165, 1.54) is 0 Å². The average Bonchev–Trinajstić information content (AvgIpc) is 2.74. The van der Waals surface area contributed by atoms with Crippen molar-refractivity contribution in [1.82, 2.24) is 19.8 Å². The molecule has 0 bridgehead atoms. The van der Waals surface area contributed by atoms with Crippen LogP contribution < -0.4 is 10.5 Å². The van der Waals surface area contributed by atoms with Gasteiger partial charge in [-0.3, -0.25) is 5.10 Å². The van der Waals surface area contributed by atoms with Crippen molar-refractivity contribution in [3.63, 3.8) is 0 Å². The summed E-state index contributed by atoms with van der Waals surface area (Å²) in [6, 6.07) is -0.0242. The van der Waals surface area contributed by atoms with Crippen molar-refractivity contribution in [1.29, 1.82) is 0 Å². The third-order valence-corrected chi connectivity index (χ3v) is 5.03. The van der Waals surface area contributed by atoms with Gasteiger partial charge in [-0.25, -0.2) is 13.1 Å². The van der Waals surface area contributed by atoms with E-state index >= 15 is 0 Å². The fourth-order valence-corrected chi connectivity index (χ4v) is 3.81. The number of H-pyrrole nitrogens is 1. The summed E-state index contributed by atoms with van der Waals surface area (Å²) in [5, 5.41) is 6.59. The number of hydrogen-bond donors (Lipinski definition) is 3. The van der Waals surface area contributed by atoms with Crippen LogP contribution in [-0.2, 0) is 16.6 Å². The number of aryl methyl sites for hydroxylation is 1. The third-order valence-electron chi connectivity index (χ3n) is 3.54. The van der Waals surface area contributed by atoms with Gasteiger partial charge < -0.3 is 10.6 Å². The number of rotatable bonds is 4. The summed E-state index contributed by atoms with van der Waals surface area (Å²) in [4.78, 5) is 2.19. The Morgan fingerprint density at radius 2 is 2.11 bits per heavy atom. The monoisotopic (exact) mass is 287 g/mol. The van der Waals surface area contributed by atoms with Crippen LogP contribution in [0.2, 0.25) is 0 Å². The molecule has 0 spiro atoms. The van der Waals surface area contributed by atoms with Crippen molar-refractivity contribution in [2.24, 2.45) is 5.73 Å². The smallest absolute Gasteiger partial charge is 0.260 e. The molecule has 8 heteroatoms. The van der Waals surface area contributed by atoms with Gasteiger partial charge in [0.25, 0.3) is 10.0 Å². The zero-order chi connectivity index (χ0) is 14.0. The molecule has 0 atom stereocenters. The second-order valence-electron chi connectivity index (χ2n) is 5.04. The number of nitrogens with one attached hydrogen (secondary N) is 2. The molecule has 2 heterocycles. The molecule has 7 nitrogen and oxygen atoms in total. The van der Waals surface area contributed by atoms with E-state index in [1.807, 2.05) is 7.05 Å². The molecule has 1 saturated heterocycles. The van der Waals surface area contributed by atoms with Crippen LogP contribution in [0.1, 0.15) is 24.1 Å². The van der Waals surface area contributed by atoms with Crippen molar-refractivity contribution in [3.05, 3.63) is 11.3 Å². The van der Waals surface area contributed by atoms with E-state index in [1.54, 1.807) is 6.92 Å². The second kappa shape index (κ2) is 5.58. The lowest BCUT2D eigenvalue weighted by atomic mass is 10.1. The molecular weight excluding hydrogens is 266 g/mol. The zero-order valence-electron chi connectivity index (χ0n) is 11.3. The van der Waals surface area contributed by atoms with Gasteiger partial charge in [-0.1, -0.05) is 0 Å². The van der Waals surface area contributed by atoms with E-state index in [4.69, 9.17) is 5.73 Å². The minimum Gasteiger partial charge on any atom is -0.326 e. The van der Waals surface area contributed by atoms with Crippen LogP contribution in [0.25, 0.3) is 0 Å². The summed E-state index contributed by atoms with van der Waals surface area (Å²) in [5.41, 5.74) is 6.84. The Balaban J connectivity index is 2.14. The summed E-state index contributed by atoms with van der Waals surface area (Å²) in [5.74, 6) is 0. The van der Waals surface area contributed by atoms with E-state index in [-0.39, 0.29) is 17.6 Å². The first-order chi connectivity index (χ1) is 8.94. The van der Waals surface area contributed by atoms with Crippen molar-refractivity contribution >= 4 is 10.0 Å². The summed E-state index contributed by atoms with van der Waals surface area (Å²) >= 11 is 0. The van der Waals surface area contributed by atoms with Crippen molar-refractivity contribution in [2.45, 2.75) is 37.4 Å². The van der Waals surface area contributed by atoms with Crippen molar-refractivity contribution in [3.8, 4) is 0 Å². The summed E-state index contributed by atoms with van der Waals surface area (Å²) in [7, 11) is -1.55. The first kappa shape index (κ1) is 14.4. The van der Waals surface area contributed by atoms with E-state index < -0.39 is 10.0 Å². The minimum absolute atomic E-state index is 0.0242. The molecule has 0 amide bonds. The zero-order valence-corrected chi connectivity index (χ0v) is 12.1. The highest BCUT2D eigenvalue weighted by atomic mass is 32.2. The maximum atomic E-state index is 12.3. The number of nitrogens with zero attached hydrogens (tertiary/aromatic N) is 2. The van der Waals surface area contributed by atoms with Gasteiger partial charge in [-0.15, -0.1) is 0 Å². The van der Waals surface area contributed by atoms with Gasteiger partial charge in [0.05, 0.1) is 0 Å². The van der Waals surface area contributed by atoms with Gasteiger partial charge in [0.15, 0.2) is 5.03 Å². The SMILES string of the molecule is Cc1[nH]nc(S(=O)(=O)NC2CCN(C)CC2)c1CN. The highest BCUT2D eigenvalue weighted by Gasteiger charge is 2.27. The Labute approximate surface area is 113 Å². The van der Waals surface area contributed by atoms with Gasteiger partial charge in [-0.05, 0) is 39.9 Å². The lowest BCUT2D eigenvalue weighted by Crippen LogP contribution is -2.43. The predicted octanol–water partition coefficient (Wildman–Crippen LogP) is -0.451. The van der Waals surface area contributed by atoms with Gasteiger partial charge in [0.1, 0.15) is 0 Å². The molecular formula is C11H21N5O2S. The Morgan fingerprint density at radius 1 is 1.47 bits per heavy atom. The quantitative estimate of drug-likeness (QED) is 0.696. The van der Waals surface area contributed by atoms with Crippen molar-refractivity contribution < 1.29 is 8.42 Å². The molecule has 0 aliphatic carbocycles. The number of nitrogens with two attached hydrogens (primary N) is 1. The average molecular weight is 287 g/mol. The molecule has 1 fully saturated rings. The normalized spacial score (nSPS) is 18.9. The fraction of sp³-hybridized carbons (Fsp3) is 0.727. The summed E-state index contributed by atoms with van der Waals surface area (Å²) in [6.07, 6.45) is 1.63. The van der Waals surface area contributed by atoms with E-state index in [0.29, 0.717) is 11.3 Å². The Kier molecular flexibility index (Phi) is 4.24. The van der Waals surface area contributed by atoms with Crippen molar-refractivity contribution in [2.75, 3.05) is 20.1 Å². The van der Waals surface area contributed by atoms with E-state index in [2.05, 4.69) is 19.8 Å². The molecule has 2 rings (SSSR count). The standard InChI is InChI=1S/C11H21N5O2S/c1-8-10(7-12)11(14-13-8)19(17,18)15-9-3-5-16(2)6-4-9/h9,15H,3-7,12H2,1-2H3,(H,13,14). The molecule has 1 aliphatic heterocycles. The third kappa shape index (κ3) is 3.14. The molecule has 0 aromatic carbocycles. The minimum atomic E-state index is -3.59. The van der Waals surface area contributed by atoms with Crippen LogP contribution in [0.4, 0.5) is 0 Å². The summed E-state index contributed by atoms with van der Waals surface area (Å²) in [6.45, 7) is 3.73. The molecule has 108 valence electrons. The van der Waals surface area contributed by atoms with Crippen LogP contribution in [-0.4, -0.2) is 49.7 Å². The van der Waals surface area contributed by atoms with Gasteiger partial charge in [-0.2, -0.15) is 5.10 Å². The molecule has 4 N–H and O–H groups in total. The lowest BCUT2D eigenvalue weighted by Gasteiger charge is -2.29. The number of likely N-dealkylation sites (tertiary alicyclic amines) is 1. The molecule has 1 aromatic rings. The second-order valence-corrected chi connectivity index (χ2v) is 6.66. The highest BCUT2D eigenvalue weighted by Crippen LogP contribution is 2.17. The summed E-state index contributed by atoms with van der Waals surface area (Å²) < 4.78 is 27.4. The number of aromatic amines is 1. The predicted molar refractivity (Wildman–Crippen MR) is 72.1 cm³/mol. The van der Waals surface area contributed by atoms with E-state index in [0.717, 1.165) is 25.9 Å². The van der Waals surface area contributed by atoms with Gasteiger partial charge in [0, 0.05) is 23.8 Å². The van der Waals surface area contributed by atoms with Gasteiger partial charge >= 0.3 is 0 Å². The Morgan fingerprint density at radius 3 is 2.68 bits per heavy atom. The van der Waals surface area contributed by atoms with Gasteiger partial charge in [0.2, 0.25) is 0 Å². The fourth-order valence-electron chi connectivity index (χ4n) is 2.29. The van der Waals surface area contributed by atoms with Crippen LogP contribution in [0.3, 0.4) is 0 Å². The number of aromatic nitrogens is 2. The maximum absolute atomic E-state index is 12.3. The number of piperidine rings is 1. The first-order valence-electron chi connectivity index (χ1n) is 6.39. The van der Waals surface area contributed by atoms with Crippen LogP contribution >= 0.6 is 0 Å². The van der Waals surface area contributed by atoms with Crippen LogP contribution in [0.5, 0.6) is 0 Å². The molecule has 0 radical (unpaired) electrons. The lowest BCUT2D eigenvalue weighted by molar-refractivity contribution is 0.248. The van der Waals surface area contributed by atoms with Crippen LogP contribution in [0.15, 0.2) is 5.03 Å². The molecule has 1 aliphatic rings. The highest BCUT2D eigenvalue weighted by molar-refractivity contribution is 7.89. The van der Waals surface area contributed by atoms with Crippen LogP contribution in [0, 0.1) is 6.92 Å². The van der Waals surface area contributed by atoms with E-state index in [9.17, 15) is 8.42 Å². The Bertz CT molecular complexity index is 531. The molecule has 1 aromatic heterocycles. The maximum Gasteiger partial charge on any atom is 0.260 e. The topological polar surface area (TPSA) is 104 Å². The number of hydrogen-bond acceptors (Lipinski definition) is 5. The molecule has 0 saturated carbocycles. The first-order valence-corrected chi connectivity index (χ1v) is 7.87. The number of sulfonamides is 1. The largest absolute Gasteiger partial charge is 0.326 e. The molecule has 19 heavy (non-hydrogen) atoms. The molecule has 0 unspecified atom stereocenters.